The van der Waals surface area contributed by atoms with Crippen LogP contribution in [0, 0.1) is 11.7 Å². The number of carbonyl (C=O) groups is 1. The molecule has 0 N–H and O–H groups in total. The van der Waals surface area contributed by atoms with Gasteiger partial charge in [0.25, 0.3) is 0 Å². The third-order valence-electron chi connectivity index (χ3n) is 5.57. The monoisotopic (exact) mass is 403 g/mol. The number of fused-ring (bicyclic) bond motifs is 1. The van der Waals surface area contributed by atoms with Crippen LogP contribution in [0.4, 0.5) is 4.39 Å². The molecule has 5 nitrogen and oxygen atoms in total. The summed E-state index contributed by atoms with van der Waals surface area (Å²) in [4.78, 5) is 12.7. The molecule has 1 aliphatic carbocycles. The summed E-state index contributed by atoms with van der Waals surface area (Å²) >= 11 is 0. The van der Waals surface area contributed by atoms with Gasteiger partial charge in [-0.25, -0.2) is 12.8 Å². The number of hydrogen-bond donors (Lipinski definition) is 0. The van der Waals surface area contributed by atoms with Crippen LogP contribution in [0.2, 0.25) is 0 Å². The first-order valence-electron chi connectivity index (χ1n) is 9.49. The summed E-state index contributed by atoms with van der Waals surface area (Å²) in [5.41, 5.74) is 2.30. The molecule has 0 unspecified atom stereocenters. The second-order valence-electron chi connectivity index (χ2n) is 7.30. The molecule has 0 aromatic heterocycles. The number of esters is 1. The van der Waals surface area contributed by atoms with Crippen molar-refractivity contribution in [1.29, 1.82) is 0 Å². The molecule has 1 fully saturated rings. The zero-order valence-electron chi connectivity index (χ0n) is 15.4. The van der Waals surface area contributed by atoms with Crippen LogP contribution in [0.15, 0.2) is 53.4 Å². The molecule has 1 atom stereocenters. The Labute approximate surface area is 164 Å². The zero-order valence-corrected chi connectivity index (χ0v) is 16.2. The van der Waals surface area contributed by atoms with Gasteiger partial charge in [0.15, 0.2) is 0 Å². The molecule has 7 heteroatoms. The second kappa shape index (κ2) is 7.64. The van der Waals surface area contributed by atoms with Gasteiger partial charge in [0.1, 0.15) is 11.9 Å². The van der Waals surface area contributed by atoms with Crippen LogP contribution in [0.5, 0.6) is 0 Å². The van der Waals surface area contributed by atoms with Crippen LogP contribution in [0.1, 0.15) is 36.5 Å². The quantitative estimate of drug-likeness (QED) is 0.734. The predicted molar refractivity (Wildman–Crippen MR) is 101 cm³/mol. The topological polar surface area (TPSA) is 63.7 Å². The number of rotatable bonds is 4. The summed E-state index contributed by atoms with van der Waals surface area (Å²) < 4.78 is 45.5. The van der Waals surface area contributed by atoms with Gasteiger partial charge in [0.2, 0.25) is 10.0 Å². The molecule has 1 saturated heterocycles. The van der Waals surface area contributed by atoms with Crippen molar-refractivity contribution in [3.05, 3.63) is 65.5 Å². The Balaban J connectivity index is 1.36. The van der Waals surface area contributed by atoms with Gasteiger partial charge in [-0.1, -0.05) is 24.3 Å². The van der Waals surface area contributed by atoms with E-state index in [-0.39, 0.29) is 36.0 Å². The number of hydrogen-bond acceptors (Lipinski definition) is 4. The molecule has 148 valence electrons. The third-order valence-corrected chi connectivity index (χ3v) is 7.49. The lowest BCUT2D eigenvalue weighted by molar-refractivity contribution is -0.155. The Morgan fingerprint density at radius 3 is 2.39 bits per heavy atom. The number of halogens is 1. The molecular formula is C21H22FNO4S. The van der Waals surface area contributed by atoms with Crippen molar-refractivity contribution in [3.8, 4) is 0 Å². The van der Waals surface area contributed by atoms with Crippen LogP contribution < -0.4 is 0 Å². The third kappa shape index (κ3) is 3.69. The summed E-state index contributed by atoms with van der Waals surface area (Å²) in [5, 5.41) is 0. The van der Waals surface area contributed by atoms with Crippen molar-refractivity contribution in [3.63, 3.8) is 0 Å². The summed E-state index contributed by atoms with van der Waals surface area (Å²) in [5.74, 6) is -1.03. The molecule has 2 aliphatic rings. The van der Waals surface area contributed by atoms with E-state index in [1.54, 1.807) is 0 Å². The maximum atomic E-state index is 13.1. The number of carbonyl (C=O) groups excluding carboxylic acids is 1. The van der Waals surface area contributed by atoms with E-state index < -0.39 is 15.8 Å². The first-order valence-corrected chi connectivity index (χ1v) is 10.9. The highest BCUT2D eigenvalue weighted by Gasteiger charge is 2.34. The van der Waals surface area contributed by atoms with Crippen molar-refractivity contribution in [2.45, 2.75) is 36.7 Å². The smallest absolute Gasteiger partial charge is 0.309 e. The van der Waals surface area contributed by atoms with Crippen molar-refractivity contribution < 1.29 is 22.3 Å². The fraction of sp³-hybridized carbons (Fsp3) is 0.381. The summed E-state index contributed by atoms with van der Waals surface area (Å²) in [6.45, 7) is 0.501. The Hall–Kier alpha value is -2.25. The highest BCUT2D eigenvalue weighted by atomic mass is 32.2. The average Bonchev–Trinajstić information content (AvgIpc) is 3.11. The van der Waals surface area contributed by atoms with Gasteiger partial charge >= 0.3 is 5.97 Å². The molecule has 2 aromatic rings. The van der Waals surface area contributed by atoms with E-state index in [0.29, 0.717) is 12.8 Å². The van der Waals surface area contributed by atoms with Crippen molar-refractivity contribution in [2.24, 2.45) is 5.92 Å². The first-order chi connectivity index (χ1) is 13.4. The van der Waals surface area contributed by atoms with E-state index in [2.05, 4.69) is 6.07 Å². The fourth-order valence-corrected chi connectivity index (χ4v) is 5.43. The van der Waals surface area contributed by atoms with Crippen LogP contribution in [-0.2, 0) is 26.0 Å². The van der Waals surface area contributed by atoms with Crippen molar-refractivity contribution >= 4 is 16.0 Å². The largest absolute Gasteiger partial charge is 0.457 e. The van der Waals surface area contributed by atoms with Crippen LogP contribution in [0.3, 0.4) is 0 Å². The molecule has 0 radical (unpaired) electrons. The normalized spacial score (nSPS) is 20.7. The highest BCUT2D eigenvalue weighted by Crippen LogP contribution is 2.35. The van der Waals surface area contributed by atoms with Gasteiger partial charge in [0, 0.05) is 13.1 Å². The van der Waals surface area contributed by atoms with Gasteiger partial charge < -0.3 is 4.74 Å². The van der Waals surface area contributed by atoms with Crippen LogP contribution in [0.25, 0.3) is 0 Å². The van der Waals surface area contributed by atoms with E-state index in [0.717, 1.165) is 30.5 Å². The molecule has 2 aromatic carbocycles. The first kappa shape index (κ1) is 19.1. The average molecular weight is 403 g/mol. The summed E-state index contributed by atoms with van der Waals surface area (Å²) in [6.07, 6.45) is 2.34. The molecule has 4 rings (SSSR count). The molecular weight excluding hydrogens is 381 g/mol. The van der Waals surface area contributed by atoms with Crippen molar-refractivity contribution in [2.75, 3.05) is 13.1 Å². The van der Waals surface area contributed by atoms with E-state index in [1.165, 1.54) is 22.0 Å². The van der Waals surface area contributed by atoms with Gasteiger partial charge in [-0.05, 0) is 61.1 Å². The lowest BCUT2D eigenvalue weighted by Gasteiger charge is -2.30. The number of sulfonamides is 1. The Bertz CT molecular complexity index is 966. The minimum absolute atomic E-state index is 0.0671. The minimum atomic E-state index is -3.68. The SMILES string of the molecule is O=C(O[C@@H]1CCc2ccccc21)C1CCN(S(=O)(=O)c2ccc(F)cc2)CC1. The van der Waals surface area contributed by atoms with E-state index in [4.69, 9.17) is 4.74 Å². The Kier molecular flexibility index (Phi) is 5.21. The zero-order chi connectivity index (χ0) is 19.7. The number of nitrogens with zero attached hydrogens (tertiary/aromatic N) is 1. The molecule has 0 bridgehead atoms. The van der Waals surface area contributed by atoms with Gasteiger partial charge in [-0.3, -0.25) is 4.79 Å². The van der Waals surface area contributed by atoms with E-state index in [1.807, 2.05) is 18.2 Å². The lowest BCUT2D eigenvalue weighted by atomic mass is 9.98. The number of piperidine rings is 1. The van der Waals surface area contributed by atoms with Crippen LogP contribution >= 0.6 is 0 Å². The predicted octanol–water partition coefficient (Wildman–Crippen LogP) is 3.46. The maximum Gasteiger partial charge on any atom is 0.309 e. The van der Waals surface area contributed by atoms with Crippen molar-refractivity contribution in [1.82, 2.24) is 4.31 Å². The van der Waals surface area contributed by atoms with Gasteiger partial charge in [0.05, 0.1) is 10.8 Å². The molecule has 1 heterocycles. The Morgan fingerprint density at radius 2 is 1.68 bits per heavy atom. The number of ether oxygens (including phenoxy) is 1. The maximum absolute atomic E-state index is 13.1. The molecule has 0 saturated carbocycles. The summed E-state index contributed by atoms with van der Waals surface area (Å²) in [7, 11) is -3.68. The molecule has 0 amide bonds. The van der Waals surface area contributed by atoms with Crippen LogP contribution in [-0.4, -0.2) is 31.8 Å². The van der Waals surface area contributed by atoms with Gasteiger partial charge in [-0.2, -0.15) is 4.31 Å². The molecule has 1 aliphatic heterocycles. The summed E-state index contributed by atoms with van der Waals surface area (Å²) in [6, 6.07) is 12.8. The second-order valence-corrected chi connectivity index (χ2v) is 9.23. The highest BCUT2D eigenvalue weighted by molar-refractivity contribution is 7.89. The van der Waals surface area contributed by atoms with Gasteiger partial charge in [-0.15, -0.1) is 0 Å². The number of benzene rings is 2. The lowest BCUT2D eigenvalue weighted by Crippen LogP contribution is -2.40. The van der Waals surface area contributed by atoms with E-state index >= 15 is 0 Å². The molecule has 0 spiro atoms. The number of aryl methyl sites for hydroxylation is 1. The fourth-order valence-electron chi connectivity index (χ4n) is 3.96. The standard InChI is InChI=1S/C21H22FNO4S/c22-17-6-8-18(9-7-17)28(25,26)23-13-11-16(12-14-23)21(24)27-20-10-5-15-3-1-2-4-19(15)20/h1-4,6-9,16,20H,5,10-14H2/t20-/m1/s1. The Morgan fingerprint density at radius 1 is 1.00 bits per heavy atom. The molecule has 28 heavy (non-hydrogen) atoms. The van der Waals surface area contributed by atoms with E-state index in [9.17, 15) is 17.6 Å². The minimum Gasteiger partial charge on any atom is -0.457 e.